The van der Waals surface area contributed by atoms with E-state index in [9.17, 15) is 13.2 Å². The molecule has 1 aromatic heterocycles. The first kappa shape index (κ1) is 19.2. The molecule has 0 saturated carbocycles. The van der Waals surface area contributed by atoms with Crippen LogP contribution >= 0.6 is 11.8 Å². The van der Waals surface area contributed by atoms with Crippen molar-refractivity contribution in [2.24, 2.45) is 0 Å². The summed E-state index contributed by atoms with van der Waals surface area (Å²) >= 11 is 1.28. The van der Waals surface area contributed by atoms with Crippen LogP contribution in [0.5, 0.6) is 0 Å². The number of hydrogen-bond acceptors (Lipinski definition) is 6. The maximum absolute atomic E-state index is 12.5. The molecule has 7 nitrogen and oxygen atoms in total. The molecule has 0 aliphatic carbocycles. The number of nitrogens with zero attached hydrogens (tertiary/aromatic N) is 2. The zero-order valence-corrected chi connectivity index (χ0v) is 15.5. The van der Waals surface area contributed by atoms with Crippen LogP contribution in [0.25, 0.3) is 0 Å². The second-order valence-electron chi connectivity index (χ2n) is 5.51. The maximum Gasteiger partial charge on any atom is 0.244 e. The van der Waals surface area contributed by atoms with E-state index < -0.39 is 10.0 Å². The Morgan fingerprint density at radius 3 is 2.71 bits per heavy atom. The number of carbonyl (C=O) groups excluding carboxylic acids is 1. The van der Waals surface area contributed by atoms with Crippen LogP contribution in [0.2, 0.25) is 0 Å². The van der Waals surface area contributed by atoms with E-state index in [0.717, 1.165) is 6.42 Å². The summed E-state index contributed by atoms with van der Waals surface area (Å²) in [6.45, 7) is 5.49. The highest BCUT2D eigenvalue weighted by Crippen LogP contribution is 2.20. The number of morpholine rings is 1. The summed E-state index contributed by atoms with van der Waals surface area (Å²) in [6, 6.07) is 3.31. The van der Waals surface area contributed by atoms with E-state index in [1.165, 1.54) is 28.3 Å². The van der Waals surface area contributed by atoms with Gasteiger partial charge in [0.25, 0.3) is 0 Å². The van der Waals surface area contributed by atoms with Crippen LogP contribution in [0.4, 0.5) is 0 Å². The number of thioether (sulfide) groups is 1. The molecule has 9 heteroatoms. The smallest absolute Gasteiger partial charge is 0.244 e. The van der Waals surface area contributed by atoms with Gasteiger partial charge in [0.15, 0.2) is 0 Å². The van der Waals surface area contributed by atoms with Gasteiger partial charge < -0.3 is 10.1 Å². The molecular formula is C15H23N3O4S2. The second-order valence-corrected chi connectivity index (χ2v) is 8.45. The summed E-state index contributed by atoms with van der Waals surface area (Å²) in [5.41, 5.74) is 0. The van der Waals surface area contributed by atoms with Gasteiger partial charge in [-0.15, -0.1) is 0 Å². The molecular weight excluding hydrogens is 350 g/mol. The molecule has 0 radical (unpaired) electrons. The van der Waals surface area contributed by atoms with Crippen molar-refractivity contribution in [2.45, 2.75) is 36.2 Å². The third-order valence-electron chi connectivity index (χ3n) is 3.69. The summed E-state index contributed by atoms with van der Waals surface area (Å²) in [7, 11) is -3.53. The van der Waals surface area contributed by atoms with Crippen LogP contribution in [0, 0.1) is 0 Å². The number of sulfonamides is 1. The molecule has 1 saturated heterocycles. The molecule has 1 fully saturated rings. The van der Waals surface area contributed by atoms with Crippen molar-refractivity contribution < 1.29 is 17.9 Å². The van der Waals surface area contributed by atoms with Crippen LogP contribution in [-0.4, -0.2) is 61.7 Å². The minimum Gasteiger partial charge on any atom is -0.379 e. The van der Waals surface area contributed by atoms with Gasteiger partial charge in [-0.3, -0.25) is 4.79 Å². The van der Waals surface area contributed by atoms with Crippen LogP contribution in [0.3, 0.4) is 0 Å². The summed E-state index contributed by atoms with van der Waals surface area (Å²) in [5, 5.41) is 3.50. The van der Waals surface area contributed by atoms with Gasteiger partial charge in [0, 0.05) is 25.3 Å². The quantitative estimate of drug-likeness (QED) is 0.720. The molecule has 1 atom stereocenters. The minimum absolute atomic E-state index is 0.0545. The molecule has 1 aliphatic rings. The van der Waals surface area contributed by atoms with Crippen molar-refractivity contribution in [3.63, 3.8) is 0 Å². The zero-order chi connectivity index (χ0) is 17.6. The Morgan fingerprint density at radius 2 is 2.12 bits per heavy atom. The normalized spacial score (nSPS) is 17.4. The Kier molecular flexibility index (Phi) is 7.02. The van der Waals surface area contributed by atoms with E-state index >= 15 is 0 Å². The molecule has 1 amide bonds. The first-order chi connectivity index (χ1) is 11.4. The van der Waals surface area contributed by atoms with Gasteiger partial charge in [-0.25, -0.2) is 13.4 Å². The van der Waals surface area contributed by atoms with Crippen LogP contribution in [-0.2, 0) is 19.6 Å². The fourth-order valence-corrected chi connectivity index (χ4v) is 4.11. The van der Waals surface area contributed by atoms with Crippen molar-refractivity contribution in [3.05, 3.63) is 18.3 Å². The highest BCUT2D eigenvalue weighted by Gasteiger charge is 2.26. The lowest BCUT2D eigenvalue weighted by molar-refractivity contribution is -0.119. The van der Waals surface area contributed by atoms with Gasteiger partial charge in [0.1, 0.15) is 4.90 Å². The number of nitrogens with one attached hydrogen (secondary N) is 1. The molecule has 0 bridgehead atoms. The van der Waals surface area contributed by atoms with E-state index in [1.54, 1.807) is 6.07 Å². The van der Waals surface area contributed by atoms with Gasteiger partial charge in [-0.05, 0) is 25.5 Å². The number of hydrogen-bond donors (Lipinski definition) is 1. The van der Waals surface area contributed by atoms with Gasteiger partial charge in [-0.1, -0.05) is 18.7 Å². The molecule has 0 unspecified atom stereocenters. The second kappa shape index (κ2) is 8.80. The Labute approximate surface area is 147 Å². The number of rotatable bonds is 7. The Bertz CT molecular complexity index is 643. The van der Waals surface area contributed by atoms with Crippen molar-refractivity contribution in [2.75, 3.05) is 32.1 Å². The fourth-order valence-electron chi connectivity index (χ4n) is 2.10. The van der Waals surface area contributed by atoms with E-state index in [2.05, 4.69) is 10.3 Å². The first-order valence-corrected chi connectivity index (χ1v) is 10.3. The van der Waals surface area contributed by atoms with Gasteiger partial charge >= 0.3 is 0 Å². The fraction of sp³-hybridized carbons (Fsp3) is 0.600. The third kappa shape index (κ3) is 5.17. The van der Waals surface area contributed by atoms with Crippen molar-refractivity contribution in [1.29, 1.82) is 0 Å². The zero-order valence-electron chi connectivity index (χ0n) is 13.9. The van der Waals surface area contributed by atoms with Crippen molar-refractivity contribution in [3.8, 4) is 0 Å². The number of amides is 1. The number of pyridine rings is 1. The number of aromatic nitrogens is 1. The molecule has 1 aliphatic heterocycles. The number of carbonyl (C=O) groups is 1. The SMILES string of the molecule is CC[C@H](C)NC(=O)CSc1ccc(S(=O)(=O)N2CCOCC2)cn1. The Morgan fingerprint density at radius 1 is 1.42 bits per heavy atom. The largest absolute Gasteiger partial charge is 0.379 e. The predicted molar refractivity (Wildman–Crippen MR) is 92.4 cm³/mol. The molecule has 2 rings (SSSR count). The highest BCUT2D eigenvalue weighted by atomic mass is 32.2. The van der Waals surface area contributed by atoms with Gasteiger partial charge in [-0.2, -0.15) is 4.31 Å². The first-order valence-electron chi connectivity index (χ1n) is 7.89. The van der Waals surface area contributed by atoms with Crippen molar-refractivity contribution >= 4 is 27.7 Å². The summed E-state index contributed by atoms with van der Waals surface area (Å²) < 4.78 is 31.5. The molecule has 0 aromatic carbocycles. The monoisotopic (exact) mass is 373 g/mol. The third-order valence-corrected chi connectivity index (χ3v) is 6.51. The lowest BCUT2D eigenvalue weighted by atomic mass is 10.3. The predicted octanol–water partition coefficient (Wildman–Crippen LogP) is 1.11. The van der Waals surface area contributed by atoms with E-state index in [-0.39, 0.29) is 22.6 Å². The van der Waals surface area contributed by atoms with Crippen LogP contribution < -0.4 is 5.32 Å². The van der Waals surface area contributed by atoms with Crippen LogP contribution in [0.15, 0.2) is 28.3 Å². The average Bonchev–Trinajstić information content (AvgIpc) is 2.61. The minimum atomic E-state index is -3.53. The molecule has 0 spiro atoms. The van der Waals surface area contributed by atoms with E-state index in [1.807, 2.05) is 13.8 Å². The highest BCUT2D eigenvalue weighted by molar-refractivity contribution is 7.99. The summed E-state index contributed by atoms with van der Waals surface area (Å²) in [4.78, 5) is 16.1. The van der Waals surface area contributed by atoms with Gasteiger partial charge in [0.05, 0.1) is 24.0 Å². The lowest BCUT2D eigenvalue weighted by Crippen LogP contribution is -2.40. The van der Waals surface area contributed by atoms with E-state index in [0.29, 0.717) is 31.3 Å². The standard InChI is InChI=1S/C15H23N3O4S2/c1-3-12(2)17-14(19)11-23-15-5-4-13(10-16-15)24(20,21)18-6-8-22-9-7-18/h4-5,10,12H,3,6-9,11H2,1-2H3,(H,17,19)/t12-/m0/s1. The summed E-state index contributed by atoms with van der Waals surface area (Å²) in [6.07, 6.45) is 2.22. The van der Waals surface area contributed by atoms with Gasteiger partial charge in [0.2, 0.25) is 15.9 Å². The van der Waals surface area contributed by atoms with Crippen LogP contribution in [0.1, 0.15) is 20.3 Å². The average molecular weight is 374 g/mol. The Balaban J connectivity index is 1.94. The lowest BCUT2D eigenvalue weighted by Gasteiger charge is -2.25. The Hall–Kier alpha value is -1.16. The molecule has 1 aromatic rings. The molecule has 1 N–H and O–H groups in total. The maximum atomic E-state index is 12.5. The molecule has 24 heavy (non-hydrogen) atoms. The van der Waals surface area contributed by atoms with E-state index in [4.69, 9.17) is 4.74 Å². The molecule has 134 valence electrons. The molecule has 2 heterocycles. The summed E-state index contributed by atoms with van der Waals surface area (Å²) in [5.74, 6) is 0.202. The topological polar surface area (TPSA) is 88.6 Å². The number of ether oxygens (including phenoxy) is 1. The van der Waals surface area contributed by atoms with Crippen molar-refractivity contribution in [1.82, 2.24) is 14.6 Å².